The number of halogens is 3. The quantitative estimate of drug-likeness (QED) is 0.366. The van der Waals surface area contributed by atoms with Gasteiger partial charge in [0, 0.05) is 55.4 Å². The molecule has 6 rings (SSSR count). The molecule has 0 amide bonds. The van der Waals surface area contributed by atoms with Gasteiger partial charge in [-0.3, -0.25) is 4.98 Å². The number of hydrogen-bond acceptors (Lipinski definition) is 8. The van der Waals surface area contributed by atoms with Gasteiger partial charge in [0.2, 0.25) is 0 Å². The monoisotopic (exact) mass is 517 g/mol. The average molecular weight is 518 g/mol. The van der Waals surface area contributed by atoms with Crippen LogP contribution in [-0.2, 0) is 0 Å². The Labute approximate surface area is 215 Å². The van der Waals surface area contributed by atoms with Crippen molar-refractivity contribution in [3.63, 3.8) is 0 Å². The molecule has 3 aromatic heterocycles. The lowest BCUT2D eigenvalue weighted by molar-refractivity contribution is -0.274. The first-order valence-electron chi connectivity index (χ1n) is 12.0. The predicted octanol–water partition coefficient (Wildman–Crippen LogP) is 5.09. The van der Waals surface area contributed by atoms with Crippen LogP contribution in [0.4, 0.5) is 30.5 Å². The number of nitrogens with one attached hydrogen (secondary N) is 2. The minimum absolute atomic E-state index is 0.295. The van der Waals surface area contributed by atoms with Crippen molar-refractivity contribution in [2.24, 2.45) is 0 Å². The summed E-state index contributed by atoms with van der Waals surface area (Å²) in [6.07, 6.45) is 6.60. The van der Waals surface area contributed by atoms with Crippen molar-refractivity contribution in [3.05, 3.63) is 78.8 Å². The average Bonchev–Trinajstić information content (AvgIpc) is 2.88. The number of anilines is 3. The molecule has 11 heteroatoms. The molecule has 0 radical (unpaired) electrons. The first-order chi connectivity index (χ1) is 18.4. The number of fused-ring (bicyclic) bond motifs is 1. The second-order valence-electron chi connectivity index (χ2n) is 8.80. The summed E-state index contributed by atoms with van der Waals surface area (Å²) >= 11 is 0. The van der Waals surface area contributed by atoms with Gasteiger partial charge in [0.1, 0.15) is 17.4 Å². The minimum Gasteiger partial charge on any atom is -0.406 e. The highest BCUT2D eigenvalue weighted by Crippen LogP contribution is 2.35. The zero-order valence-corrected chi connectivity index (χ0v) is 20.0. The fourth-order valence-corrected chi connectivity index (χ4v) is 4.42. The van der Waals surface area contributed by atoms with Crippen LogP contribution >= 0.6 is 0 Å². The van der Waals surface area contributed by atoms with Crippen LogP contribution in [0.15, 0.2) is 73.2 Å². The van der Waals surface area contributed by atoms with Crippen molar-refractivity contribution in [1.29, 1.82) is 0 Å². The van der Waals surface area contributed by atoms with E-state index in [1.54, 1.807) is 18.5 Å². The Morgan fingerprint density at radius 3 is 2.50 bits per heavy atom. The Balaban J connectivity index is 1.35. The normalized spacial score (nSPS) is 15.2. The summed E-state index contributed by atoms with van der Waals surface area (Å²) in [5.41, 5.74) is 4.14. The molecule has 0 atom stereocenters. The van der Waals surface area contributed by atoms with E-state index in [0.717, 1.165) is 59.6 Å². The summed E-state index contributed by atoms with van der Waals surface area (Å²) in [7, 11) is 0. The maximum absolute atomic E-state index is 12.4. The Hall–Kier alpha value is -4.51. The van der Waals surface area contributed by atoms with Gasteiger partial charge in [-0.1, -0.05) is 18.2 Å². The molecule has 0 spiro atoms. The molecule has 192 valence electrons. The van der Waals surface area contributed by atoms with E-state index < -0.39 is 6.36 Å². The van der Waals surface area contributed by atoms with Crippen LogP contribution in [0.25, 0.3) is 27.9 Å². The molecule has 2 aliphatic rings. The van der Waals surface area contributed by atoms with Gasteiger partial charge in [0.05, 0.1) is 17.1 Å². The van der Waals surface area contributed by atoms with Gasteiger partial charge in [0.25, 0.3) is 0 Å². The van der Waals surface area contributed by atoms with E-state index in [0.29, 0.717) is 17.3 Å². The number of nitrogens with zero attached hydrogens (tertiary/aromatic N) is 5. The summed E-state index contributed by atoms with van der Waals surface area (Å²) in [5, 5.41) is 7.46. The number of rotatable bonds is 6. The highest BCUT2D eigenvalue weighted by atomic mass is 19.4. The molecule has 4 aromatic rings. The fraction of sp³-hybridized carbons (Fsp3) is 0.185. The van der Waals surface area contributed by atoms with Crippen LogP contribution in [-0.4, -0.2) is 52.5 Å². The summed E-state index contributed by atoms with van der Waals surface area (Å²) < 4.78 is 41.3. The molecule has 1 aliphatic carbocycles. The van der Waals surface area contributed by atoms with Crippen LogP contribution in [0.2, 0.25) is 0 Å². The number of pyridine rings is 2. The molecule has 1 saturated heterocycles. The molecule has 0 saturated carbocycles. The van der Waals surface area contributed by atoms with Gasteiger partial charge in [-0.2, -0.15) is 0 Å². The largest absolute Gasteiger partial charge is 0.573 e. The first-order valence-corrected chi connectivity index (χ1v) is 12.0. The van der Waals surface area contributed by atoms with Crippen molar-refractivity contribution in [3.8, 4) is 17.1 Å². The van der Waals surface area contributed by atoms with Crippen molar-refractivity contribution in [1.82, 2.24) is 25.3 Å². The zero-order valence-electron chi connectivity index (χ0n) is 20.0. The Kier molecular flexibility index (Phi) is 6.12. The summed E-state index contributed by atoms with van der Waals surface area (Å²) in [6.45, 7) is 3.36. The standard InChI is InChI=1S/C27H22F3N7O/c28-27(29,30)38-20-6-4-19(5-7-20)34-23-14-18(8-9-33-23)25-35-22-16-32-15-21(17-2-1-3-17)24(22)26(36-25)37-12-10-31-11-13-37/h1-9,14-16,31H,10-13H2,(H,33,34). The molecular weight excluding hydrogens is 495 g/mol. The third kappa shape index (κ3) is 5.00. The molecule has 38 heavy (non-hydrogen) atoms. The molecular formula is C27H22F3N7O. The molecule has 0 unspecified atom stereocenters. The highest BCUT2D eigenvalue weighted by molar-refractivity contribution is 6.02. The van der Waals surface area contributed by atoms with Crippen molar-refractivity contribution >= 4 is 33.8 Å². The smallest absolute Gasteiger partial charge is 0.406 e. The number of allylic oxidation sites excluding steroid dienone is 4. The molecule has 0 bridgehead atoms. The number of piperazine rings is 1. The van der Waals surface area contributed by atoms with Crippen LogP contribution in [0, 0.1) is 0 Å². The number of aromatic nitrogens is 4. The maximum Gasteiger partial charge on any atom is 0.573 e. The number of ether oxygens (including phenoxy) is 1. The van der Waals surface area contributed by atoms with Crippen LogP contribution in [0.1, 0.15) is 5.56 Å². The summed E-state index contributed by atoms with van der Waals surface area (Å²) in [5.74, 6) is 1.59. The Morgan fingerprint density at radius 1 is 1.00 bits per heavy atom. The Bertz CT molecular complexity index is 1550. The topological polar surface area (TPSA) is 88.1 Å². The van der Waals surface area contributed by atoms with Gasteiger partial charge >= 0.3 is 6.36 Å². The molecule has 1 aromatic carbocycles. The number of benzene rings is 1. The third-order valence-electron chi connectivity index (χ3n) is 6.25. The first kappa shape index (κ1) is 23.9. The molecule has 4 heterocycles. The van der Waals surface area contributed by atoms with E-state index in [-0.39, 0.29) is 5.75 Å². The van der Waals surface area contributed by atoms with E-state index in [1.807, 2.05) is 18.3 Å². The van der Waals surface area contributed by atoms with E-state index >= 15 is 0 Å². The molecule has 2 N–H and O–H groups in total. The van der Waals surface area contributed by atoms with Crippen molar-refractivity contribution in [2.75, 3.05) is 36.4 Å². The van der Waals surface area contributed by atoms with Gasteiger partial charge < -0.3 is 20.3 Å². The van der Waals surface area contributed by atoms with Gasteiger partial charge in [-0.25, -0.2) is 15.0 Å². The van der Waals surface area contributed by atoms with Crippen LogP contribution in [0.3, 0.4) is 0 Å². The van der Waals surface area contributed by atoms with Crippen LogP contribution < -0.4 is 20.3 Å². The maximum atomic E-state index is 12.4. The van der Waals surface area contributed by atoms with Gasteiger partial charge in [-0.15, -0.1) is 13.2 Å². The fourth-order valence-electron chi connectivity index (χ4n) is 4.42. The second-order valence-corrected chi connectivity index (χ2v) is 8.80. The van der Waals surface area contributed by atoms with Crippen LogP contribution in [0.5, 0.6) is 5.75 Å². The zero-order chi connectivity index (χ0) is 26.1. The third-order valence-corrected chi connectivity index (χ3v) is 6.25. The van der Waals surface area contributed by atoms with Gasteiger partial charge in [0.15, 0.2) is 5.82 Å². The summed E-state index contributed by atoms with van der Waals surface area (Å²) in [4.78, 5) is 20.9. The molecule has 1 fully saturated rings. The van der Waals surface area contributed by atoms with E-state index in [2.05, 4.69) is 42.4 Å². The summed E-state index contributed by atoms with van der Waals surface area (Å²) in [6, 6.07) is 9.08. The van der Waals surface area contributed by atoms with Gasteiger partial charge in [-0.05, 0) is 42.0 Å². The lowest BCUT2D eigenvalue weighted by atomic mass is 9.97. The van der Waals surface area contributed by atoms with Crippen molar-refractivity contribution < 1.29 is 17.9 Å². The minimum atomic E-state index is -4.74. The number of alkyl halides is 3. The molecule has 8 nitrogen and oxygen atoms in total. The highest BCUT2D eigenvalue weighted by Gasteiger charge is 2.31. The lowest BCUT2D eigenvalue weighted by Gasteiger charge is -2.30. The van der Waals surface area contributed by atoms with E-state index in [4.69, 9.17) is 9.97 Å². The van der Waals surface area contributed by atoms with E-state index in [9.17, 15) is 13.2 Å². The van der Waals surface area contributed by atoms with E-state index in [1.165, 1.54) is 24.3 Å². The second kappa shape index (κ2) is 9.75. The van der Waals surface area contributed by atoms with Crippen molar-refractivity contribution in [2.45, 2.75) is 6.36 Å². The SMILES string of the molecule is FC(F)(F)Oc1ccc(Nc2cc(-c3nc(N4CCNCC4)c4c(C5=CC=C5)cncc4n3)ccn2)cc1. The molecule has 1 aliphatic heterocycles. The number of hydrogen-bond donors (Lipinski definition) is 2. The Morgan fingerprint density at radius 2 is 1.79 bits per heavy atom. The lowest BCUT2D eigenvalue weighted by Crippen LogP contribution is -2.44. The predicted molar refractivity (Wildman–Crippen MR) is 139 cm³/mol.